The van der Waals surface area contributed by atoms with Crippen LogP contribution in [0.3, 0.4) is 0 Å². The Morgan fingerprint density at radius 2 is 1.96 bits per heavy atom. The third-order valence-corrected chi connectivity index (χ3v) is 3.16. The average molecular weight is 317 g/mol. The molecular weight excluding hydrogens is 297 g/mol. The number of hydrogen-bond donors (Lipinski definition) is 2. The highest BCUT2D eigenvalue weighted by atomic mass is 19.1. The third-order valence-electron chi connectivity index (χ3n) is 3.16. The fraction of sp³-hybridized carbons (Fsp3) is 0.278. The van der Waals surface area contributed by atoms with E-state index in [1.54, 1.807) is 18.2 Å². The monoisotopic (exact) mass is 317 g/mol. The van der Waals surface area contributed by atoms with Crippen molar-refractivity contribution in [3.63, 3.8) is 0 Å². The average Bonchev–Trinajstić information content (AvgIpc) is 2.52. The molecule has 0 fully saturated rings. The number of benzene rings is 2. The van der Waals surface area contributed by atoms with Crippen LogP contribution in [-0.4, -0.2) is 23.7 Å². The van der Waals surface area contributed by atoms with Gasteiger partial charge in [-0.15, -0.1) is 0 Å². The summed E-state index contributed by atoms with van der Waals surface area (Å²) in [6, 6.07) is 12.5. The Labute approximate surface area is 134 Å². The zero-order chi connectivity index (χ0) is 16.8. The predicted molar refractivity (Wildman–Crippen MR) is 85.9 cm³/mol. The van der Waals surface area contributed by atoms with Gasteiger partial charge < -0.3 is 15.2 Å². The van der Waals surface area contributed by atoms with Crippen molar-refractivity contribution >= 4 is 5.91 Å². The number of amides is 1. The summed E-state index contributed by atoms with van der Waals surface area (Å²) in [5.74, 6) is -0.247. The smallest absolute Gasteiger partial charge is 0.251 e. The number of aliphatic hydroxyl groups excluding tert-OH is 1. The molecule has 23 heavy (non-hydrogen) atoms. The summed E-state index contributed by atoms with van der Waals surface area (Å²) in [6.07, 6.45) is -0.835. The van der Waals surface area contributed by atoms with Crippen LogP contribution in [0.2, 0.25) is 0 Å². The first-order valence-corrected chi connectivity index (χ1v) is 7.44. The van der Waals surface area contributed by atoms with E-state index in [0.29, 0.717) is 11.3 Å². The summed E-state index contributed by atoms with van der Waals surface area (Å²) in [5, 5.41) is 12.8. The van der Waals surface area contributed by atoms with Crippen molar-refractivity contribution in [2.75, 3.05) is 6.54 Å². The van der Waals surface area contributed by atoms with Crippen LogP contribution in [0.15, 0.2) is 48.5 Å². The Morgan fingerprint density at radius 3 is 2.65 bits per heavy atom. The number of halogens is 1. The normalized spacial score (nSPS) is 12.0. The minimum absolute atomic E-state index is 0.0283. The highest BCUT2D eigenvalue weighted by Crippen LogP contribution is 2.20. The van der Waals surface area contributed by atoms with Gasteiger partial charge in [-0.2, -0.15) is 0 Å². The Bertz CT molecular complexity index is 673. The quantitative estimate of drug-likeness (QED) is 0.861. The van der Waals surface area contributed by atoms with Gasteiger partial charge in [0.15, 0.2) is 0 Å². The van der Waals surface area contributed by atoms with Crippen LogP contribution in [0.1, 0.15) is 35.9 Å². The number of carbonyl (C=O) groups is 1. The molecule has 0 aromatic heterocycles. The van der Waals surface area contributed by atoms with Crippen molar-refractivity contribution in [1.29, 1.82) is 0 Å². The predicted octanol–water partition coefficient (Wildman–Crippen LogP) is 3.08. The van der Waals surface area contributed by atoms with E-state index in [0.717, 1.165) is 6.07 Å². The summed E-state index contributed by atoms with van der Waals surface area (Å²) in [5.41, 5.74) is 0.858. The number of nitrogens with one attached hydrogen (secondary N) is 1. The molecule has 0 saturated heterocycles. The van der Waals surface area contributed by atoms with E-state index in [1.807, 2.05) is 19.9 Å². The first-order valence-electron chi connectivity index (χ1n) is 7.44. The lowest BCUT2D eigenvalue weighted by Gasteiger charge is -2.15. The van der Waals surface area contributed by atoms with E-state index in [2.05, 4.69) is 5.32 Å². The third kappa shape index (κ3) is 5.07. The number of hydrogen-bond acceptors (Lipinski definition) is 3. The molecule has 1 atom stereocenters. The van der Waals surface area contributed by atoms with E-state index in [-0.39, 0.29) is 18.2 Å². The molecule has 0 radical (unpaired) electrons. The molecule has 0 aliphatic carbocycles. The topological polar surface area (TPSA) is 58.6 Å². The Balaban J connectivity index is 1.96. The van der Waals surface area contributed by atoms with E-state index < -0.39 is 17.8 Å². The lowest BCUT2D eigenvalue weighted by molar-refractivity contribution is 0.0915. The van der Waals surface area contributed by atoms with E-state index in [4.69, 9.17) is 4.74 Å². The zero-order valence-electron chi connectivity index (χ0n) is 13.1. The molecule has 5 heteroatoms. The molecule has 1 amide bonds. The Hall–Kier alpha value is -2.40. The van der Waals surface area contributed by atoms with Crippen LogP contribution >= 0.6 is 0 Å². The molecule has 2 N–H and O–H groups in total. The van der Waals surface area contributed by atoms with Crippen molar-refractivity contribution in [2.45, 2.75) is 26.1 Å². The molecule has 0 bridgehead atoms. The van der Waals surface area contributed by atoms with Crippen LogP contribution in [0.25, 0.3) is 0 Å². The molecule has 2 rings (SSSR count). The second-order valence-electron chi connectivity index (χ2n) is 5.48. The SMILES string of the molecule is CC(C)Oc1cccc(C(O)CNC(=O)c2cccc(F)c2)c1. The maximum atomic E-state index is 13.1. The highest BCUT2D eigenvalue weighted by Gasteiger charge is 2.12. The van der Waals surface area contributed by atoms with E-state index in [1.165, 1.54) is 18.2 Å². The Kier molecular flexibility index (Phi) is 5.71. The molecule has 0 spiro atoms. The van der Waals surface area contributed by atoms with Crippen LogP contribution in [0.5, 0.6) is 5.75 Å². The number of ether oxygens (including phenoxy) is 1. The number of rotatable bonds is 6. The molecule has 0 heterocycles. The van der Waals surface area contributed by atoms with Gasteiger partial charge in [-0.1, -0.05) is 18.2 Å². The van der Waals surface area contributed by atoms with Crippen molar-refractivity contribution in [3.8, 4) is 5.75 Å². The van der Waals surface area contributed by atoms with Gasteiger partial charge in [0, 0.05) is 12.1 Å². The molecule has 1 unspecified atom stereocenters. The molecule has 2 aromatic rings. The maximum absolute atomic E-state index is 13.1. The second-order valence-corrected chi connectivity index (χ2v) is 5.48. The van der Waals surface area contributed by atoms with E-state index >= 15 is 0 Å². The van der Waals surface area contributed by atoms with E-state index in [9.17, 15) is 14.3 Å². The summed E-state index contributed by atoms with van der Waals surface area (Å²) >= 11 is 0. The van der Waals surface area contributed by atoms with Gasteiger partial charge in [-0.3, -0.25) is 4.79 Å². The van der Waals surface area contributed by atoms with Crippen LogP contribution < -0.4 is 10.1 Å². The summed E-state index contributed by atoms with van der Waals surface area (Å²) < 4.78 is 18.7. The van der Waals surface area contributed by atoms with Crippen molar-refractivity contribution in [2.24, 2.45) is 0 Å². The summed E-state index contributed by atoms with van der Waals surface area (Å²) in [7, 11) is 0. The fourth-order valence-corrected chi connectivity index (χ4v) is 2.11. The lowest BCUT2D eigenvalue weighted by atomic mass is 10.1. The number of aliphatic hydroxyl groups is 1. The molecule has 122 valence electrons. The van der Waals surface area contributed by atoms with Crippen LogP contribution in [-0.2, 0) is 0 Å². The van der Waals surface area contributed by atoms with Crippen molar-refractivity contribution in [3.05, 3.63) is 65.5 Å². The van der Waals surface area contributed by atoms with Gasteiger partial charge in [0.05, 0.1) is 12.2 Å². The molecule has 0 saturated carbocycles. The first-order chi connectivity index (χ1) is 11.0. The standard InChI is InChI=1S/C18H20FNO3/c1-12(2)23-16-8-4-5-13(10-16)17(21)11-20-18(22)14-6-3-7-15(19)9-14/h3-10,12,17,21H,11H2,1-2H3,(H,20,22). The molecule has 0 aliphatic heterocycles. The second kappa shape index (κ2) is 7.74. The minimum atomic E-state index is -0.872. The molecule has 2 aromatic carbocycles. The molecule has 4 nitrogen and oxygen atoms in total. The first kappa shape index (κ1) is 17.0. The lowest BCUT2D eigenvalue weighted by Crippen LogP contribution is -2.28. The van der Waals surface area contributed by atoms with Crippen LogP contribution in [0.4, 0.5) is 4.39 Å². The summed E-state index contributed by atoms with van der Waals surface area (Å²) in [6.45, 7) is 3.87. The summed E-state index contributed by atoms with van der Waals surface area (Å²) in [4.78, 5) is 11.9. The van der Waals surface area contributed by atoms with Gasteiger partial charge in [-0.05, 0) is 49.7 Å². The van der Waals surface area contributed by atoms with Crippen LogP contribution in [0, 0.1) is 5.82 Å². The van der Waals surface area contributed by atoms with Crippen molar-refractivity contribution in [1.82, 2.24) is 5.32 Å². The largest absolute Gasteiger partial charge is 0.491 e. The zero-order valence-corrected chi connectivity index (χ0v) is 13.1. The van der Waals surface area contributed by atoms with Gasteiger partial charge in [0.25, 0.3) is 5.91 Å². The Morgan fingerprint density at radius 1 is 1.22 bits per heavy atom. The maximum Gasteiger partial charge on any atom is 0.251 e. The van der Waals surface area contributed by atoms with Gasteiger partial charge >= 0.3 is 0 Å². The van der Waals surface area contributed by atoms with Crippen molar-refractivity contribution < 1.29 is 19.0 Å². The fourth-order valence-electron chi connectivity index (χ4n) is 2.11. The van der Waals surface area contributed by atoms with Gasteiger partial charge in [0.1, 0.15) is 11.6 Å². The highest BCUT2D eigenvalue weighted by molar-refractivity contribution is 5.94. The molecular formula is C18H20FNO3. The molecule has 0 aliphatic rings. The van der Waals surface area contributed by atoms with Gasteiger partial charge in [-0.25, -0.2) is 4.39 Å². The number of carbonyl (C=O) groups excluding carboxylic acids is 1. The van der Waals surface area contributed by atoms with Gasteiger partial charge in [0.2, 0.25) is 0 Å². The minimum Gasteiger partial charge on any atom is -0.491 e.